The van der Waals surface area contributed by atoms with E-state index in [-0.39, 0.29) is 12.0 Å². The molecule has 3 rings (SSSR count). The van der Waals surface area contributed by atoms with Gasteiger partial charge in [0.05, 0.1) is 5.69 Å². The van der Waals surface area contributed by atoms with E-state index in [4.69, 9.17) is 16.3 Å². The smallest absolute Gasteiger partial charge is 0.410 e. The predicted molar refractivity (Wildman–Crippen MR) is 119 cm³/mol. The lowest BCUT2D eigenvalue weighted by molar-refractivity contribution is 0.0237. The Kier molecular flexibility index (Phi) is 6.77. The molecule has 0 atom stereocenters. The van der Waals surface area contributed by atoms with E-state index in [1.54, 1.807) is 35.2 Å². The Labute approximate surface area is 181 Å². The summed E-state index contributed by atoms with van der Waals surface area (Å²) in [4.78, 5) is 30.8. The highest BCUT2D eigenvalue weighted by atomic mass is 35.5. The molecular formula is C23H26ClN3O3. The number of aromatic nitrogens is 1. The zero-order valence-corrected chi connectivity index (χ0v) is 18.2. The molecule has 0 unspecified atom stereocenters. The van der Waals surface area contributed by atoms with Gasteiger partial charge in [0, 0.05) is 23.7 Å². The molecule has 30 heavy (non-hydrogen) atoms. The van der Waals surface area contributed by atoms with Crippen molar-refractivity contribution in [2.24, 2.45) is 0 Å². The number of likely N-dealkylation sites (tertiary alicyclic amines) is 1. The van der Waals surface area contributed by atoms with Crippen LogP contribution in [-0.4, -0.2) is 40.6 Å². The van der Waals surface area contributed by atoms with Gasteiger partial charge in [0.1, 0.15) is 11.4 Å². The average molecular weight is 428 g/mol. The Morgan fingerprint density at radius 2 is 1.77 bits per heavy atom. The van der Waals surface area contributed by atoms with Gasteiger partial charge in [-0.25, -0.2) is 9.78 Å². The van der Waals surface area contributed by atoms with Crippen molar-refractivity contribution in [2.45, 2.75) is 39.2 Å². The van der Waals surface area contributed by atoms with Crippen molar-refractivity contribution >= 4 is 35.5 Å². The molecule has 1 aliphatic rings. The molecule has 1 aromatic carbocycles. The lowest BCUT2D eigenvalue weighted by Crippen LogP contribution is -2.40. The molecule has 1 fully saturated rings. The monoisotopic (exact) mass is 427 g/mol. The lowest BCUT2D eigenvalue weighted by atomic mass is 10.0. The first-order valence-electron chi connectivity index (χ1n) is 9.91. The zero-order chi connectivity index (χ0) is 21.7. The van der Waals surface area contributed by atoms with Crippen LogP contribution >= 0.6 is 11.6 Å². The summed E-state index contributed by atoms with van der Waals surface area (Å²) in [7, 11) is 0. The van der Waals surface area contributed by atoms with E-state index in [0.717, 1.165) is 18.5 Å². The number of anilines is 1. The summed E-state index contributed by atoms with van der Waals surface area (Å²) in [5, 5.41) is 3.39. The molecule has 1 saturated heterocycles. The van der Waals surface area contributed by atoms with Crippen LogP contribution in [0.2, 0.25) is 5.02 Å². The van der Waals surface area contributed by atoms with Gasteiger partial charge in [-0.3, -0.25) is 4.79 Å². The van der Waals surface area contributed by atoms with Crippen LogP contribution in [0.4, 0.5) is 10.6 Å². The van der Waals surface area contributed by atoms with Crippen LogP contribution in [0.1, 0.15) is 49.7 Å². The van der Waals surface area contributed by atoms with Gasteiger partial charge in [-0.05, 0) is 76.1 Å². The Bertz CT molecular complexity index is 939. The maximum atomic E-state index is 12.4. The summed E-state index contributed by atoms with van der Waals surface area (Å²) in [5.74, 6) is 0.241. The summed E-state index contributed by atoms with van der Waals surface area (Å²) in [6.45, 7) is 6.83. The van der Waals surface area contributed by atoms with Crippen LogP contribution in [0.15, 0.2) is 48.0 Å². The van der Waals surface area contributed by atoms with Crippen LogP contribution in [0.25, 0.3) is 6.08 Å². The summed E-state index contributed by atoms with van der Waals surface area (Å²) in [6, 6.07) is 12.2. The number of nitrogens with one attached hydrogen (secondary N) is 1. The fourth-order valence-corrected chi connectivity index (χ4v) is 3.17. The molecule has 0 spiro atoms. The van der Waals surface area contributed by atoms with Gasteiger partial charge in [0.2, 0.25) is 0 Å². The Morgan fingerprint density at radius 1 is 1.10 bits per heavy atom. The minimum atomic E-state index is -0.492. The van der Waals surface area contributed by atoms with E-state index in [9.17, 15) is 9.59 Å². The second-order valence-electron chi connectivity index (χ2n) is 8.18. The normalized spacial score (nSPS) is 14.3. The van der Waals surface area contributed by atoms with E-state index in [1.165, 1.54) is 5.57 Å². The number of rotatable bonds is 3. The number of hydrogen-bond donors (Lipinski definition) is 1. The van der Waals surface area contributed by atoms with Crippen molar-refractivity contribution in [1.29, 1.82) is 0 Å². The molecule has 2 aromatic rings. The number of halogens is 1. The van der Waals surface area contributed by atoms with Crippen molar-refractivity contribution in [3.05, 3.63) is 64.3 Å². The number of pyridine rings is 1. The molecule has 1 aromatic heterocycles. The lowest BCUT2D eigenvalue weighted by Gasteiger charge is -2.31. The van der Waals surface area contributed by atoms with Crippen LogP contribution in [-0.2, 0) is 4.74 Å². The van der Waals surface area contributed by atoms with Gasteiger partial charge in [-0.1, -0.05) is 23.2 Å². The second kappa shape index (κ2) is 9.30. The van der Waals surface area contributed by atoms with Crippen LogP contribution in [0.5, 0.6) is 0 Å². The summed E-state index contributed by atoms with van der Waals surface area (Å²) < 4.78 is 5.43. The quantitative estimate of drug-likeness (QED) is 0.711. The molecule has 1 aliphatic heterocycles. The topological polar surface area (TPSA) is 71.5 Å². The molecule has 1 N–H and O–H groups in total. The van der Waals surface area contributed by atoms with Gasteiger partial charge < -0.3 is 15.0 Å². The number of carbonyl (C=O) groups is 2. The number of carbonyl (C=O) groups excluding carboxylic acids is 2. The maximum absolute atomic E-state index is 12.4. The zero-order valence-electron chi connectivity index (χ0n) is 17.4. The highest BCUT2D eigenvalue weighted by Crippen LogP contribution is 2.21. The largest absolute Gasteiger partial charge is 0.444 e. The fourth-order valence-electron chi connectivity index (χ4n) is 3.05. The van der Waals surface area contributed by atoms with Crippen LogP contribution in [0, 0.1) is 0 Å². The average Bonchev–Trinajstić information content (AvgIpc) is 2.68. The number of ether oxygens (including phenoxy) is 1. The van der Waals surface area contributed by atoms with Gasteiger partial charge in [0.25, 0.3) is 5.91 Å². The first-order chi connectivity index (χ1) is 14.2. The minimum absolute atomic E-state index is 0.241. The Balaban J connectivity index is 1.60. The third kappa shape index (κ3) is 6.32. The number of hydrogen-bond acceptors (Lipinski definition) is 4. The Morgan fingerprint density at radius 3 is 2.40 bits per heavy atom. The standard InChI is InChI=1S/C23H26ClN3O3/c1-23(2,3)30-22(29)27-13-11-16(12-14-27)15-19-5-4-6-20(25-19)26-21(28)17-7-9-18(24)10-8-17/h4-10,15H,11-14H2,1-3H3,(H,25,26,28). The Hall–Kier alpha value is -2.86. The molecule has 2 amide bonds. The van der Waals surface area contributed by atoms with E-state index in [1.807, 2.05) is 39.0 Å². The first kappa shape index (κ1) is 21.8. The maximum Gasteiger partial charge on any atom is 0.410 e. The van der Waals surface area contributed by atoms with Crippen molar-refractivity contribution in [2.75, 3.05) is 18.4 Å². The minimum Gasteiger partial charge on any atom is -0.444 e. The van der Waals surface area contributed by atoms with Gasteiger partial charge in [-0.15, -0.1) is 0 Å². The third-order valence-electron chi connectivity index (χ3n) is 4.53. The predicted octanol–water partition coefficient (Wildman–Crippen LogP) is 5.40. The van der Waals surface area contributed by atoms with E-state index in [0.29, 0.717) is 29.5 Å². The molecule has 0 radical (unpaired) electrons. The molecule has 7 heteroatoms. The van der Waals surface area contributed by atoms with E-state index < -0.39 is 5.60 Å². The van der Waals surface area contributed by atoms with Crippen molar-refractivity contribution in [1.82, 2.24) is 9.88 Å². The number of piperidine rings is 1. The first-order valence-corrected chi connectivity index (χ1v) is 10.3. The van der Waals surface area contributed by atoms with Crippen LogP contribution in [0.3, 0.4) is 0 Å². The fraction of sp³-hybridized carbons (Fsp3) is 0.348. The number of amides is 2. The van der Waals surface area contributed by atoms with Crippen LogP contribution < -0.4 is 5.32 Å². The molecule has 0 aliphatic carbocycles. The second-order valence-corrected chi connectivity index (χ2v) is 8.62. The highest BCUT2D eigenvalue weighted by molar-refractivity contribution is 6.30. The number of benzene rings is 1. The SMILES string of the molecule is CC(C)(C)OC(=O)N1CCC(=Cc2cccc(NC(=O)c3ccc(Cl)cc3)n2)CC1. The highest BCUT2D eigenvalue weighted by Gasteiger charge is 2.24. The molecule has 0 saturated carbocycles. The third-order valence-corrected chi connectivity index (χ3v) is 4.78. The van der Waals surface area contributed by atoms with Crippen molar-refractivity contribution < 1.29 is 14.3 Å². The van der Waals surface area contributed by atoms with Gasteiger partial charge in [-0.2, -0.15) is 0 Å². The molecule has 2 heterocycles. The van der Waals surface area contributed by atoms with E-state index in [2.05, 4.69) is 10.3 Å². The summed E-state index contributed by atoms with van der Waals surface area (Å²) in [6.07, 6.45) is 3.28. The van der Waals surface area contributed by atoms with E-state index >= 15 is 0 Å². The van der Waals surface area contributed by atoms with Crippen molar-refractivity contribution in [3.63, 3.8) is 0 Å². The molecule has 0 bridgehead atoms. The number of nitrogens with zero attached hydrogens (tertiary/aromatic N) is 2. The van der Waals surface area contributed by atoms with Gasteiger partial charge >= 0.3 is 6.09 Å². The molecule has 6 nitrogen and oxygen atoms in total. The molecular weight excluding hydrogens is 402 g/mol. The summed E-state index contributed by atoms with van der Waals surface area (Å²) >= 11 is 5.87. The summed E-state index contributed by atoms with van der Waals surface area (Å²) in [5.41, 5.74) is 2.00. The molecule has 158 valence electrons. The van der Waals surface area contributed by atoms with Crippen molar-refractivity contribution in [3.8, 4) is 0 Å². The van der Waals surface area contributed by atoms with Gasteiger partial charge in [0.15, 0.2) is 0 Å².